The number of amides is 1. The summed E-state index contributed by atoms with van der Waals surface area (Å²) in [5.74, 6) is 1.45. The molecule has 22 heteroatoms. The molecule has 3 atom stereocenters. The molecule has 4 aromatic heterocycles. The van der Waals surface area contributed by atoms with Gasteiger partial charge in [0.15, 0.2) is 11.4 Å². The van der Waals surface area contributed by atoms with Crippen LogP contribution in [0.1, 0.15) is 104 Å². The number of carbonyl (C=O) groups excluding carboxylic acids is 1. The fourth-order valence-corrected chi connectivity index (χ4v) is 16.1. The number of nitrogens with zero attached hydrogens (tertiary/aromatic N) is 8. The average molecular weight is 1200 g/mol. The van der Waals surface area contributed by atoms with Crippen LogP contribution in [-0.2, 0) is 26.0 Å². The Hall–Kier alpha value is -7.34. The van der Waals surface area contributed by atoms with Gasteiger partial charge in [-0.05, 0) is 155 Å². The number of H-pyrrole nitrogens is 1. The third kappa shape index (κ3) is 11.3. The third-order valence-corrected chi connectivity index (χ3v) is 21.4. The van der Waals surface area contributed by atoms with Crippen molar-refractivity contribution in [1.29, 1.82) is 0 Å². The van der Waals surface area contributed by atoms with Crippen molar-refractivity contribution in [2.24, 2.45) is 11.3 Å². The number of hydrogen-bond donors (Lipinski definition) is 4. The summed E-state index contributed by atoms with van der Waals surface area (Å²) < 4.78 is 55.5. The first-order valence-electron chi connectivity index (χ1n) is 31.0. The van der Waals surface area contributed by atoms with Crippen LogP contribution in [0.15, 0.2) is 101 Å². The Kier molecular flexibility index (Phi) is 15.2. The van der Waals surface area contributed by atoms with Crippen LogP contribution in [-0.4, -0.2) is 152 Å². The normalized spacial score (nSPS) is 24.6. The van der Waals surface area contributed by atoms with Gasteiger partial charge in [-0.15, -0.1) is 0 Å². The molecule has 3 aromatic carbocycles. The molecule has 1 spiro atoms. The Morgan fingerprint density at radius 2 is 1.69 bits per heavy atom. The summed E-state index contributed by atoms with van der Waals surface area (Å²) in [4.78, 5) is 51.5. The lowest BCUT2D eigenvalue weighted by atomic mass is 9.59. The molecular weight excluding hydrogens is 1130 g/mol. The summed E-state index contributed by atoms with van der Waals surface area (Å²) in [5, 5.41) is 28.1. The van der Waals surface area contributed by atoms with Gasteiger partial charge in [0.2, 0.25) is 5.88 Å². The highest BCUT2D eigenvalue weighted by molar-refractivity contribution is 7.90. The van der Waals surface area contributed by atoms with Crippen molar-refractivity contribution >= 4 is 72.2 Å². The topological polar surface area (TPSA) is 237 Å². The minimum absolute atomic E-state index is 0.107. The number of sulfonamides is 1. The summed E-state index contributed by atoms with van der Waals surface area (Å²) >= 11 is 0. The maximum absolute atomic E-state index is 14.9. The van der Waals surface area contributed by atoms with E-state index in [0.29, 0.717) is 81.2 Å². The number of nitro groups is 1. The van der Waals surface area contributed by atoms with Gasteiger partial charge in [-0.3, -0.25) is 24.7 Å². The molecule has 1 amide bonds. The van der Waals surface area contributed by atoms with E-state index in [9.17, 15) is 28.4 Å². The molecule has 4 N–H and O–H groups in total. The van der Waals surface area contributed by atoms with Gasteiger partial charge in [0, 0.05) is 113 Å². The van der Waals surface area contributed by atoms with E-state index >= 15 is 0 Å². The zero-order chi connectivity index (χ0) is 59.8. The molecule has 0 bridgehead atoms. The highest BCUT2D eigenvalue weighted by Crippen LogP contribution is 2.54. The monoisotopic (exact) mass is 1200 g/mol. The molecule has 21 nitrogen and oxygen atoms in total. The summed E-state index contributed by atoms with van der Waals surface area (Å²) in [7, 11) is -4.65. The van der Waals surface area contributed by atoms with E-state index in [1.165, 1.54) is 28.8 Å². The van der Waals surface area contributed by atoms with E-state index in [0.717, 1.165) is 131 Å². The van der Waals surface area contributed by atoms with E-state index in [-0.39, 0.29) is 34.7 Å². The molecule has 5 aliphatic heterocycles. The molecule has 9 heterocycles. The number of hydrogen-bond acceptors (Lipinski definition) is 18. The second-order valence-corrected chi connectivity index (χ2v) is 27.5. The van der Waals surface area contributed by atoms with Gasteiger partial charge in [0.1, 0.15) is 28.9 Å². The molecular formula is C65H77N11O10S. The summed E-state index contributed by atoms with van der Waals surface area (Å²) in [6.07, 6.45) is 11.0. The number of rotatable bonds is 14. The van der Waals surface area contributed by atoms with Crippen molar-refractivity contribution in [2.75, 3.05) is 98.8 Å². The molecule has 458 valence electrons. The number of nitro benzene ring substituents is 1. The summed E-state index contributed by atoms with van der Waals surface area (Å²) in [6, 6.07) is 24.6. The quantitative estimate of drug-likeness (QED) is 0.0586. The Labute approximate surface area is 506 Å². The van der Waals surface area contributed by atoms with Crippen LogP contribution in [0.4, 0.5) is 34.3 Å². The fraction of sp³-hybridized carbons (Fsp3) is 0.492. The van der Waals surface area contributed by atoms with Gasteiger partial charge in [0.25, 0.3) is 21.6 Å². The molecule has 6 fully saturated rings. The maximum atomic E-state index is 14.9. The second-order valence-electron chi connectivity index (χ2n) is 25.8. The molecule has 4 saturated heterocycles. The molecule has 7 aromatic rings. The predicted octanol–water partition coefficient (Wildman–Crippen LogP) is 9.53. The number of aromatic nitrogens is 3. The first-order chi connectivity index (χ1) is 42.0. The molecule has 14 rings (SSSR count). The Morgan fingerprint density at radius 3 is 2.48 bits per heavy atom. The van der Waals surface area contributed by atoms with Gasteiger partial charge in [0.05, 0.1) is 52.5 Å². The number of fused-ring (bicyclic) bond motifs is 4. The van der Waals surface area contributed by atoms with E-state index in [1.54, 1.807) is 6.07 Å². The van der Waals surface area contributed by atoms with Crippen molar-refractivity contribution in [2.45, 2.75) is 120 Å². The minimum atomic E-state index is -4.65. The van der Waals surface area contributed by atoms with Crippen LogP contribution in [0.2, 0.25) is 0 Å². The van der Waals surface area contributed by atoms with Gasteiger partial charge in [-0.25, -0.2) is 18.1 Å². The number of aliphatic hydroxyl groups is 1. The number of morpholine rings is 1. The van der Waals surface area contributed by atoms with Crippen LogP contribution in [0.25, 0.3) is 22.0 Å². The number of nitrogens with one attached hydrogen (secondary N) is 3. The Balaban J connectivity index is 0.704. The van der Waals surface area contributed by atoms with Crippen molar-refractivity contribution in [3.05, 3.63) is 129 Å². The zero-order valence-corrected chi connectivity index (χ0v) is 50.5. The number of piperazine rings is 1. The molecule has 2 aliphatic carbocycles. The van der Waals surface area contributed by atoms with E-state index in [2.05, 4.69) is 83.0 Å². The predicted molar refractivity (Wildman–Crippen MR) is 332 cm³/mol. The van der Waals surface area contributed by atoms with Crippen LogP contribution < -0.4 is 29.5 Å². The lowest BCUT2D eigenvalue weighted by Gasteiger charge is -2.58. The standard InChI is InChI=1S/C65H77N11O10S/c1-41-6-4-5-7-49(41)57-39-71(38-45-37-68-61(73-25-28-83-29-26-73)59-51(45)30-42(2)85-59)23-24-74(57)47-34-65(35-47)18-21-72(22-19-65)46-8-10-50(54(32-46)75-53-15-27-84-40-58(53)86-63-56(75)31-44-14-20-66-60(44)69-63)62(77)70-87(81,82)48-9-11-52(55(33-48)76(79)80)67-36-43-12-16-64(3,78)17-13-43/h4-11,14,20,30-33,37,43,47,53,57-58,67,78H,12-13,15-19,21-29,34-36,38-40H2,1-3H3,(H,66,69)(H,70,77)/t43?,53-,57-,58-,64?/m0/s1. The summed E-state index contributed by atoms with van der Waals surface area (Å²) in [5.41, 5.74) is 6.73. The van der Waals surface area contributed by atoms with Crippen molar-refractivity contribution in [1.82, 2.24) is 29.5 Å². The number of aromatic amines is 1. The van der Waals surface area contributed by atoms with Crippen molar-refractivity contribution in [3.8, 4) is 5.88 Å². The van der Waals surface area contributed by atoms with Gasteiger partial charge in [-0.1, -0.05) is 24.3 Å². The van der Waals surface area contributed by atoms with E-state index < -0.39 is 43.1 Å². The first-order valence-corrected chi connectivity index (χ1v) is 32.5. The van der Waals surface area contributed by atoms with Crippen LogP contribution in [0.5, 0.6) is 5.88 Å². The van der Waals surface area contributed by atoms with Gasteiger partial charge in [-0.2, -0.15) is 4.98 Å². The SMILES string of the molecule is Cc1cc2c(CN3CCN(C4CC5(CCN(c6ccc(C(=O)NS(=O)(=O)c7ccc(NCC8CCC(C)(O)CC8)c([N+](=O)[O-])c7)c(N7c8cc9cc[nH]c9nc8O[C@H]8COCC[C@@H]87)c6)CC5)C4)[C@H](c4ccccc4C)C3)cnc(N3CCOCC3)c2o1. The minimum Gasteiger partial charge on any atom is -0.468 e. The Bertz CT molecular complexity index is 3860. The number of furan rings is 1. The number of pyridine rings is 2. The van der Waals surface area contributed by atoms with Crippen LogP contribution >= 0.6 is 0 Å². The molecule has 0 unspecified atom stereocenters. The van der Waals surface area contributed by atoms with Crippen molar-refractivity contribution < 1.29 is 41.9 Å². The van der Waals surface area contributed by atoms with E-state index in [1.807, 2.05) is 44.3 Å². The van der Waals surface area contributed by atoms with E-state index in [4.69, 9.17) is 28.6 Å². The average Bonchev–Trinajstić information content (AvgIpc) is 1.34. The number of ether oxygens (including phenoxy) is 3. The number of piperidine rings is 1. The summed E-state index contributed by atoms with van der Waals surface area (Å²) in [6.45, 7) is 15.4. The number of anilines is 5. The highest BCUT2D eigenvalue weighted by Gasteiger charge is 2.50. The number of carbonyl (C=O) groups is 1. The van der Waals surface area contributed by atoms with Crippen LogP contribution in [0, 0.1) is 35.3 Å². The molecule has 0 radical (unpaired) electrons. The largest absolute Gasteiger partial charge is 0.468 e. The zero-order valence-electron chi connectivity index (χ0n) is 49.7. The van der Waals surface area contributed by atoms with Gasteiger partial charge >= 0.3 is 0 Å². The van der Waals surface area contributed by atoms with Gasteiger partial charge < -0.3 is 48.7 Å². The highest BCUT2D eigenvalue weighted by atomic mass is 32.2. The lowest BCUT2D eigenvalue weighted by molar-refractivity contribution is -0.384. The maximum Gasteiger partial charge on any atom is 0.293 e. The Morgan fingerprint density at radius 1 is 0.885 bits per heavy atom. The first kappa shape index (κ1) is 57.4. The molecule has 2 saturated carbocycles. The number of aryl methyl sites for hydroxylation is 2. The fourth-order valence-electron chi connectivity index (χ4n) is 15.1. The van der Waals surface area contributed by atoms with Crippen molar-refractivity contribution in [3.63, 3.8) is 0 Å². The van der Waals surface area contributed by atoms with Crippen LogP contribution in [0.3, 0.4) is 0 Å². The lowest BCUT2D eigenvalue weighted by Crippen LogP contribution is -2.59. The molecule has 87 heavy (non-hydrogen) atoms. The smallest absolute Gasteiger partial charge is 0.293 e. The third-order valence-electron chi connectivity index (χ3n) is 20.1. The second kappa shape index (κ2) is 23.0. The molecule has 7 aliphatic rings. The number of benzene rings is 3.